The van der Waals surface area contributed by atoms with E-state index in [-0.39, 0.29) is 12.1 Å². The van der Waals surface area contributed by atoms with E-state index in [9.17, 15) is 17.6 Å². The van der Waals surface area contributed by atoms with Crippen molar-refractivity contribution in [2.45, 2.75) is 26.2 Å². The number of aryl methyl sites for hydroxylation is 1. The van der Waals surface area contributed by atoms with Gasteiger partial charge in [0.25, 0.3) is 0 Å². The van der Waals surface area contributed by atoms with Crippen LogP contribution >= 0.6 is 0 Å². The molecule has 0 spiro atoms. The van der Waals surface area contributed by atoms with Crippen molar-refractivity contribution in [2.24, 2.45) is 12.0 Å². The van der Waals surface area contributed by atoms with Gasteiger partial charge in [-0.05, 0) is 36.8 Å². The van der Waals surface area contributed by atoms with E-state index in [1.165, 1.54) is 0 Å². The zero-order valence-electron chi connectivity index (χ0n) is 16.0. The van der Waals surface area contributed by atoms with E-state index >= 15 is 0 Å². The van der Waals surface area contributed by atoms with Gasteiger partial charge in [0.05, 0.1) is 29.7 Å². The highest BCUT2D eigenvalue weighted by molar-refractivity contribution is 5.80. The lowest BCUT2D eigenvalue weighted by Crippen LogP contribution is -2.37. The van der Waals surface area contributed by atoms with Crippen molar-refractivity contribution in [3.63, 3.8) is 0 Å². The normalized spacial score (nSPS) is 12.4. The van der Waals surface area contributed by atoms with Crippen molar-refractivity contribution in [3.05, 3.63) is 65.2 Å². The molecule has 154 valence electrons. The van der Waals surface area contributed by atoms with Gasteiger partial charge in [0.2, 0.25) is 0 Å². The number of imidazole rings is 1. The molecule has 0 bridgehead atoms. The molecule has 3 rings (SSSR count). The molecule has 0 aliphatic carbocycles. The molecule has 1 heterocycles. The Labute approximate surface area is 165 Å². The minimum Gasteiger partial charge on any atom is -0.357 e. The molecule has 0 fully saturated rings. The fourth-order valence-electron chi connectivity index (χ4n) is 2.97. The molecule has 0 unspecified atom stereocenters. The van der Waals surface area contributed by atoms with Crippen LogP contribution in [0.5, 0.6) is 0 Å². The number of halogens is 4. The second-order valence-electron chi connectivity index (χ2n) is 6.42. The van der Waals surface area contributed by atoms with E-state index in [1.54, 1.807) is 0 Å². The average Bonchev–Trinajstić information content (AvgIpc) is 3.00. The number of aromatic nitrogens is 2. The third-order valence-corrected chi connectivity index (χ3v) is 4.42. The van der Waals surface area contributed by atoms with Gasteiger partial charge in [0.1, 0.15) is 11.6 Å². The highest BCUT2D eigenvalue weighted by Gasteiger charge is 2.33. The Morgan fingerprint density at radius 2 is 1.90 bits per heavy atom. The van der Waals surface area contributed by atoms with Crippen LogP contribution in [0.3, 0.4) is 0 Å². The standard InChI is InChI=1S/C20H21F4N5/c1-3-25-19(26-11-13-8-9-14(21)10-15(13)20(22,23)24)27-12-18-28-16-6-4-5-7-17(16)29(18)2/h4-10H,3,11-12H2,1-2H3,(H2,25,26,27). The Bertz CT molecular complexity index is 1020. The highest BCUT2D eigenvalue weighted by atomic mass is 19.4. The molecule has 3 aromatic rings. The van der Waals surface area contributed by atoms with Crippen LogP contribution in [-0.4, -0.2) is 22.1 Å². The maximum atomic E-state index is 13.3. The fraction of sp³-hybridized carbons (Fsp3) is 0.300. The van der Waals surface area contributed by atoms with Gasteiger partial charge in [-0.3, -0.25) is 0 Å². The molecular formula is C20H21F4N5. The average molecular weight is 407 g/mol. The van der Waals surface area contributed by atoms with Crippen LogP contribution < -0.4 is 10.6 Å². The predicted molar refractivity (Wildman–Crippen MR) is 104 cm³/mol. The zero-order valence-corrected chi connectivity index (χ0v) is 16.0. The summed E-state index contributed by atoms with van der Waals surface area (Å²) in [4.78, 5) is 8.77. The van der Waals surface area contributed by atoms with E-state index in [0.29, 0.717) is 25.1 Å². The number of hydrogen-bond donors (Lipinski definition) is 2. The second kappa shape index (κ2) is 8.50. The van der Waals surface area contributed by atoms with E-state index in [4.69, 9.17) is 0 Å². The summed E-state index contributed by atoms with van der Waals surface area (Å²) >= 11 is 0. The van der Waals surface area contributed by atoms with E-state index < -0.39 is 17.6 Å². The Morgan fingerprint density at radius 3 is 2.59 bits per heavy atom. The first kappa shape index (κ1) is 20.6. The van der Waals surface area contributed by atoms with Gasteiger partial charge >= 0.3 is 6.18 Å². The molecular weight excluding hydrogens is 386 g/mol. The first-order valence-electron chi connectivity index (χ1n) is 9.07. The SMILES string of the molecule is CCNC(=NCc1ccc(F)cc1C(F)(F)F)NCc1nc2ccccc2n1C. The first-order valence-corrected chi connectivity index (χ1v) is 9.07. The fourth-order valence-corrected chi connectivity index (χ4v) is 2.97. The Kier molecular flexibility index (Phi) is 6.05. The van der Waals surface area contributed by atoms with Crippen molar-refractivity contribution < 1.29 is 17.6 Å². The number of guanidine groups is 1. The molecule has 9 heteroatoms. The Hall–Kier alpha value is -3.10. The van der Waals surface area contributed by atoms with Gasteiger partial charge in [-0.2, -0.15) is 13.2 Å². The smallest absolute Gasteiger partial charge is 0.357 e. The summed E-state index contributed by atoms with van der Waals surface area (Å²) in [5, 5.41) is 6.07. The molecule has 0 amide bonds. The number of alkyl halides is 3. The Balaban J connectivity index is 1.78. The monoisotopic (exact) mass is 407 g/mol. The third kappa shape index (κ3) is 4.85. The molecule has 0 aliphatic heterocycles. The summed E-state index contributed by atoms with van der Waals surface area (Å²) in [6.45, 7) is 2.48. The van der Waals surface area contributed by atoms with Crippen molar-refractivity contribution >= 4 is 17.0 Å². The number of rotatable bonds is 5. The van der Waals surface area contributed by atoms with Crippen LogP contribution in [0.15, 0.2) is 47.5 Å². The largest absolute Gasteiger partial charge is 0.416 e. The van der Waals surface area contributed by atoms with Crippen LogP contribution in [-0.2, 0) is 26.3 Å². The molecule has 29 heavy (non-hydrogen) atoms. The van der Waals surface area contributed by atoms with Crippen molar-refractivity contribution in [3.8, 4) is 0 Å². The lowest BCUT2D eigenvalue weighted by atomic mass is 10.1. The van der Waals surface area contributed by atoms with Crippen LogP contribution in [0.1, 0.15) is 23.9 Å². The lowest BCUT2D eigenvalue weighted by molar-refractivity contribution is -0.138. The minimum absolute atomic E-state index is 0.0983. The van der Waals surface area contributed by atoms with Crippen molar-refractivity contribution in [2.75, 3.05) is 6.54 Å². The molecule has 5 nitrogen and oxygen atoms in total. The summed E-state index contributed by atoms with van der Waals surface area (Å²) in [5.41, 5.74) is 0.716. The molecule has 0 radical (unpaired) electrons. The number of aliphatic imine (C=N–C) groups is 1. The number of fused-ring (bicyclic) bond motifs is 1. The quantitative estimate of drug-likeness (QED) is 0.382. The molecule has 0 saturated heterocycles. The van der Waals surface area contributed by atoms with E-state index in [0.717, 1.165) is 29.0 Å². The summed E-state index contributed by atoms with van der Waals surface area (Å²) in [7, 11) is 1.89. The molecule has 0 atom stereocenters. The molecule has 0 saturated carbocycles. The summed E-state index contributed by atoms with van der Waals surface area (Å²) in [6.07, 6.45) is -4.65. The maximum absolute atomic E-state index is 13.3. The van der Waals surface area contributed by atoms with Gasteiger partial charge in [-0.15, -0.1) is 0 Å². The topological polar surface area (TPSA) is 54.2 Å². The number of hydrogen-bond acceptors (Lipinski definition) is 2. The van der Waals surface area contributed by atoms with E-state index in [2.05, 4.69) is 20.6 Å². The van der Waals surface area contributed by atoms with Gasteiger partial charge in [0, 0.05) is 13.6 Å². The molecule has 2 aromatic carbocycles. The van der Waals surface area contributed by atoms with Gasteiger partial charge in [-0.1, -0.05) is 18.2 Å². The molecule has 1 aromatic heterocycles. The highest BCUT2D eigenvalue weighted by Crippen LogP contribution is 2.32. The summed E-state index contributed by atoms with van der Waals surface area (Å²) < 4.78 is 54.7. The van der Waals surface area contributed by atoms with Crippen LogP contribution in [0.4, 0.5) is 17.6 Å². The number of benzene rings is 2. The maximum Gasteiger partial charge on any atom is 0.416 e. The van der Waals surface area contributed by atoms with Crippen LogP contribution in [0, 0.1) is 5.82 Å². The lowest BCUT2D eigenvalue weighted by Gasteiger charge is -2.14. The van der Waals surface area contributed by atoms with Gasteiger partial charge < -0.3 is 15.2 Å². The summed E-state index contributed by atoms with van der Waals surface area (Å²) in [5.74, 6) is 0.170. The first-order chi connectivity index (χ1) is 13.8. The van der Waals surface area contributed by atoms with Gasteiger partial charge in [-0.25, -0.2) is 14.4 Å². The summed E-state index contributed by atoms with van der Waals surface area (Å²) in [6, 6.07) is 10.3. The van der Waals surface area contributed by atoms with Crippen LogP contribution in [0.25, 0.3) is 11.0 Å². The predicted octanol–water partition coefficient (Wildman–Crippen LogP) is 3.99. The zero-order chi connectivity index (χ0) is 21.0. The molecule has 2 N–H and O–H groups in total. The molecule has 0 aliphatic rings. The van der Waals surface area contributed by atoms with Crippen LogP contribution in [0.2, 0.25) is 0 Å². The van der Waals surface area contributed by atoms with Crippen molar-refractivity contribution in [1.82, 2.24) is 20.2 Å². The second-order valence-corrected chi connectivity index (χ2v) is 6.42. The Morgan fingerprint density at radius 1 is 1.14 bits per heavy atom. The van der Waals surface area contributed by atoms with Gasteiger partial charge in [0.15, 0.2) is 5.96 Å². The minimum atomic E-state index is -4.65. The number of nitrogens with one attached hydrogen (secondary N) is 2. The number of nitrogens with zero attached hydrogens (tertiary/aromatic N) is 3. The van der Waals surface area contributed by atoms with E-state index in [1.807, 2.05) is 42.8 Å². The van der Waals surface area contributed by atoms with Crippen molar-refractivity contribution in [1.29, 1.82) is 0 Å². The number of para-hydroxylation sites is 2. The third-order valence-electron chi connectivity index (χ3n) is 4.42.